The number of benzene rings is 3. The van der Waals surface area contributed by atoms with Gasteiger partial charge in [0, 0.05) is 49.1 Å². The second kappa shape index (κ2) is 10.3. The van der Waals surface area contributed by atoms with Crippen LogP contribution in [0.5, 0.6) is 11.5 Å². The van der Waals surface area contributed by atoms with Gasteiger partial charge in [-0.15, -0.1) is 0 Å². The number of phenolic OH excluding ortho intramolecular Hbond substituents is 1. The Morgan fingerprint density at radius 2 is 1.86 bits per heavy atom. The lowest BCUT2D eigenvalue weighted by Gasteiger charge is -2.64. The summed E-state index contributed by atoms with van der Waals surface area (Å²) in [7, 11) is 1.65. The van der Waals surface area contributed by atoms with Gasteiger partial charge in [-0.25, -0.2) is 0 Å². The number of halogens is 3. The maximum atomic E-state index is 13.3. The molecule has 2 bridgehead atoms. The molecule has 0 unspecified atom stereocenters. The number of ether oxygens (including phenoxy) is 1. The van der Waals surface area contributed by atoms with E-state index in [-0.39, 0.29) is 11.8 Å². The minimum absolute atomic E-state index is 0.0585. The number of piperidine rings is 1. The fraction of sp³-hybridized carbons (Fsp3) is 0.400. The molecular weight excluding hydrogens is 569 g/mol. The fourth-order valence-electron chi connectivity index (χ4n) is 8.23. The van der Waals surface area contributed by atoms with E-state index in [2.05, 4.69) is 28.9 Å². The van der Waals surface area contributed by atoms with Gasteiger partial charge in [0.25, 0.3) is 5.91 Å². The number of nitrogens with zero attached hydrogens (tertiary/aromatic N) is 2. The van der Waals surface area contributed by atoms with Gasteiger partial charge in [-0.3, -0.25) is 9.69 Å². The molecule has 1 saturated carbocycles. The van der Waals surface area contributed by atoms with Gasteiger partial charge < -0.3 is 19.8 Å². The minimum Gasteiger partial charge on any atom is -0.504 e. The number of likely N-dealkylation sites (tertiary alicyclic amines) is 1. The zero-order valence-corrected chi connectivity index (χ0v) is 24.3. The average Bonchev–Trinajstić information content (AvgIpc) is 3.35. The number of alkyl halides is 3. The van der Waals surface area contributed by atoms with E-state index in [1.165, 1.54) is 22.6 Å². The number of rotatable bonds is 4. The number of aliphatic hydroxyl groups is 1. The molecule has 3 aromatic carbocycles. The van der Waals surface area contributed by atoms with Crippen molar-refractivity contribution < 1.29 is 32.9 Å². The van der Waals surface area contributed by atoms with Crippen molar-refractivity contribution in [1.29, 1.82) is 0 Å². The Kier molecular flexibility index (Phi) is 6.72. The van der Waals surface area contributed by atoms with Crippen molar-refractivity contribution in [1.82, 2.24) is 9.80 Å². The third kappa shape index (κ3) is 4.38. The molecule has 1 saturated heterocycles. The molecule has 9 heteroatoms. The summed E-state index contributed by atoms with van der Waals surface area (Å²) >= 11 is 0. The molecular formula is C35H33F3N2O4. The normalized spacial score (nSPS) is 28.3. The van der Waals surface area contributed by atoms with Crippen LogP contribution in [-0.4, -0.2) is 69.8 Å². The van der Waals surface area contributed by atoms with Crippen LogP contribution in [0.25, 0.3) is 0 Å². The predicted octanol–water partition coefficient (Wildman–Crippen LogP) is 4.69. The van der Waals surface area contributed by atoms with E-state index >= 15 is 0 Å². The van der Waals surface area contributed by atoms with Crippen LogP contribution in [-0.2, 0) is 29.2 Å². The zero-order chi connectivity index (χ0) is 30.9. The first-order valence-corrected chi connectivity index (χ1v) is 15.0. The van der Waals surface area contributed by atoms with Crippen LogP contribution in [0.1, 0.15) is 47.1 Å². The summed E-state index contributed by atoms with van der Waals surface area (Å²) in [5, 5.41) is 23.7. The Morgan fingerprint density at radius 1 is 1.11 bits per heavy atom. The van der Waals surface area contributed by atoms with Crippen molar-refractivity contribution in [3.63, 3.8) is 0 Å². The molecule has 7 rings (SSSR count). The molecule has 2 fully saturated rings. The zero-order valence-electron chi connectivity index (χ0n) is 24.3. The van der Waals surface area contributed by atoms with Crippen LogP contribution in [0.2, 0.25) is 0 Å². The fourth-order valence-corrected chi connectivity index (χ4v) is 8.23. The molecule has 2 N–H and O–H groups in total. The van der Waals surface area contributed by atoms with Gasteiger partial charge >= 0.3 is 6.18 Å². The van der Waals surface area contributed by atoms with Crippen molar-refractivity contribution >= 4 is 5.91 Å². The Hall–Kier alpha value is -4.00. The van der Waals surface area contributed by atoms with E-state index in [9.17, 15) is 28.2 Å². The van der Waals surface area contributed by atoms with Crippen LogP contribution >= 0.6 is 0 Å². The summed E-state index contributed by atoms with van der Waals surface area (Å²) in [6, 6.07) is 17.6. The number of amides is 1. The third-order valence-corrected chi connectivity index (χ3v) is 10.4. The van der Waals surface area contributed by atoms with Crippen LogP contribution in [0, 0.1) is 11.8 Å². The quantitative estimate of drug-likeness (QED) is 0.425. The van der Waals surface area contributed by atoms with Crippen LogP contribution in [0.3, 0.4) is 0 Å². The summed E-state index contributed by atoms with van der Waals surface area (Å²) in [6.45, 7) is 1.56. The summed E-state index contributed by atoms with van der Waals surface area (Å²) in [5.41, 5.74) is 0.825. The largest absolute Gasteiger partial charge is 0.504 e. The van der Waals surface area contributed by atoms with Gasteiger partial charge in [0.05, 0.1) is 16.6 Å². The topological polar surface area (TPSA) is 73.2 Å². The number of phenols is 1. The Balaban J connectivity index is 1.18. The molecule has 2 aliphatic heterocycles. The van der Waals surface area contributed by atoms with E-state index in [1.54, 1.807) is 13.1 Å². The van der Waals surface area contributed by atoms with Gasteiger partial charge in [-0.1, -0.05) is 42.3 Å². The summed E-state index contributed by atoms with van der Waals surface area (Å²) < 4.78 is 45.3. The van der Waals surface area contributed by atoms with Crippen molar-refractivity contribution in [2.45, 2.75) is 67.5 Å². The number of carbonyl (C=O) groups is 1. The molecule has 228 valence electrons. The van der Waals surface area contributed by atoms with Crippen LogP contribution in [0.4, 0.5) is 13.2 Å². The molecule has 5 atom stereocenters. The molecule has 4 aliphatic rings. The lowest BCUT2D eigenvalue weighted by molar-refractivity contribution is -0.197. The van der Waals surface area contributed by atoms with Crippen LogP contribution < -0.4 is 4.74 Å². The van der Waals surface area contributed by atoms with Gasteiger partial charge in [-0.2, -0.15) is 13.2 Å². The SMILES string of the molecule is CN(C(=O)C#Cc1ccc(C(F)(F)F)cc1)[C@H]1C[C@@H]2Oc3c(O)ccc4c3[C@@]23CCN(CCc2ccccc2)[C@H](C4)[C@]3(O)C1. The monoisotopic (exact) mass is 602 g/mol. The van der Waals surface area contributed by atoms with Gasteiger partial charge in [-0.05, 0) is 73.7 Å². The molecule has 1 amide bonds. The molecule has 6 nitrogen and oxygen atoms in total. The van der Waals surface area contributed by atoms with Gasteiger partial charge in [0.15, 0.2) is 11.5 Å². The van der Waals surface area contributed by atoms with Crippen molar-refractivity contribution in [2.24, 2.45) is 0 Å². The summed E-state index contributed by atoms with van der Waals surface area (Å²) in [4.78, 5) is 17.2. The first-order chi connectivity index (χ1) is 21.0. The molecule has 3 aromatic rings. The lowest BCUT2D eigenvalue weighted by atomic mass is 9.48. The average molecular weight is 603 g/mol. The van der Waals surface area contributed by atoms with E-state index in [0.717, 1.165) is 42.8 Å². The maximum absolute atomic E-state index is 13.3. The standard InChI is InChI=1S/C35H33F3N2O4/c1-39(30(42)14-9-23-7-11-25(12-8-23)35(36,37)38)26-20-29-33-16-18-40(17-15-22-5-3-2-4-6-22)28(34(33,43)21-26)19-24-10-13-27(41)32(44-29)31(24)33/h2-8,10-13,26,28-29,41,43H,15-21H2,1H3/t26-,28+,29-,33+,34+/m0/s1. The molecule has 1 spiro atoms. The highest BCUT2D eigenvalue weighted by atomic mass is 19.4. The highest BCUT2D eigenvalue weighted by molar-refractivity contribution is 5.94. The van der Waals surface area contributed by atoms with E-state index in [0.29, 0.717) is 37.0 Å². The van der Waals surface area contributed by atoms with E-state index < -0.39 is 40.8 Å². The number of hydrogen-bond donors (Lipinski definition) is 2. The van der Waals surface area contributed by atoms with Gasteiger partial charge in [0.1, 0.15) is 6.10 Å². The lowest BCUT2D eigenvalue weighted by Crippen LogP contribution is -2.77. The van der Waals surface area contributed by atoms with Crippen molar-refractivity contribution in [3.8, 4) is 23.3 Å². The van der Waals surface area contributed by atoms with E-state index in [4.69, 9.17) is 4.74 Å². The van der Waals surface area contributed by atoms with E-state index in [1.807, 2.05) is 24.3 Å². The van der Waals surface area contributed by atoms with Crippen molar-refractivity contribution in [2.75, 3.05) is 20.1 Å². The Morgan fingerprint density at radius 3 is 2.59 bits per heavy atom. The second-order valence-electron chi connectivity index (χ2n) is 12.5. The van der Waals surface area contributed by atoms with Crippen LogP contribution in [0.15, 0.2) is 66.7 Å². The molecule has 0 aromatic heterocycles. The number of hydrogen-bond acceptors (Lipinski definition) is 5. The molecule has 2 aliphatic carbocycles. The number of aromatic hydroxyl groups is 1. The van der Waals surface area contributed by atoms with Crippen molar-refractivity contribution in [3.05, 3.63) is 94.5 Å². The number of carbonyl (C=O) groups excluding carboxylic acids is 1. The Labute approximate surface area is 254 Å². The molecule has 44 heavy (non-hydrogen) atoms. The first-order valence-electron chi connectivity index (χ1n) is 15.0. The predicted molar refractivity (Wildman–Crippen MR) is 157 cm³/mol. The highest BCUT2D eigenvalue weighted by Crippen LogP contribution is 2.65. The second-order valence-corrected chi connectivity index (χ2v) is 12.5. The minimum atomic E-state index is -4.45. The maximum Gasteiger partial charge on any atom is 0.416 e. The molecule has 2 heterocycles. The smallest absolute Gasteiger partial charge is 0.416 e. The summed E-state index contributed by atoms with van der Waals surface area (Å²) in [5.74, 6) is 5.28. The first kappa shape index (κ1) is 28.8. The van der Waals surface area contributed by atoms with Gasteiger partial charge in [0.2, 0.25) is 0 Å². The third-order valence-electron chi connectivity index (χ3n) is 10.4. The molecule has 0 radical (unpaired) electrons. The highest BCUT2D eigenvalue weighted by Gasteiger charge is 2.72. The Bertz CT molecular complexity index is 1670. The summed E-state index contributed by atoms with van der Waals surface area (Å²) in [6.07, 6.45) is -2.01.